The monoisotopic (exact) mass is 491 g/mol. The summed E-state index contributed by atoms with van der Waals surface area (Å²) in [6.07, 6.45) is 1.52. The quantitative estimate of drug-likeness (QED) is 0.353. The Hall–Kier alpha value is -1.49. The van der Waals surface area contributed by atoms with Crippen LogP contribution in [0.3, 0.4) is 0 Å². The van der Waals surface area contributed by atoms with Crippen molar-refractivity contribution in [2.45, 2.75) is 0 Å². The number of ether oxygens (including phenoxy) is 3. The van der Waals surface area contributed by atoms with E-state index in [1.54, 1.807) is 12.1 Å². The number of esters is 1. The fourth-order valence-corrected chi connectivity index (χ4v) is 3.61. The molecule has 1 saturated heterocycles. The maximum Gasteiger partial charge on any atom is 0.343 e. The van der Waals surface area contributed by atoms with E-state index in [4.69, 9.17) is 9.47 Å². The van der Waals surface area contributed by atoms with Gasteiger partial charge in [-0.1, -0.05) is 0 Å². The van der Waals surface area contributed by atoms with Gasteiger partial charge >= 0.3 is 5.97 Å². The minimum atomic E-state index is -0.475. The van der Waals surface area contributed by atoms with Gasteiger partial charge in [0, 0.05) is 13.1 Å². The number of amides is 1. The van der Waals surface area contributed by atoms with Gasteiger partial charge in [0.1, 0.15) is 5.75 Å². The van der Waals surface area contributed by atoms with Crippen molar-refractivity contribution in [3.8, 4) is 5.75 Å². The van der Waals surface area contributed by atoms with Crippen molar-refractivity contribution >= 4 is 50.0 Å². The van der Waals surface area contributed by atoms with Gasteiger partial charge < -0.3 is 14.2 Å². The maximum absolute atomic E-state index is 11.9. The first-order chi connectivity index (χ1) is 12.5. The standard InChI is InChI=1S/C16H19Br2N3O5/c1-24-15(23)10-26-16-12(17)6-11(7-13(16)18)8-19-20-14(22)9-21-2-4-25-5-3-21/h6-8H,2-5,9-10H2,1H3,(H,20,22)/b19-8-. The van der Waals surface area contributed by atoms with Crippen LogP contribution in [0.4, 0.5) is 0 Å². The summed E-state index contributed by atoms with van der Waals surface area (Å²) in [7, 11) is 1.29. The first kappa shape index (κ1) is 20.8. The molecule has 2 rings (SSSR count). The number of hydrogen-bond acceptors (Lipinski definition) is 7. The van der Waals surface area contributed by atoms with E-state index >= 15 is 0 Å². The Kier molecular flexibility index (Phi) is 8.49. The molecule has 0 atom stereocenters. The summed E-state index contributed by atoms with van der Waals surface area (Å²) < 4.78 is 16.5. The molecular weight excluding hydrogens is 474 g/mol. The molecule has 0 saturated carbocycles. The Morgan fingerprint density at radius 2 is 1.96 bits per heavy atom. The zero-order valence-corrected chi connectivity index (χ0v) is 17.3. The summed E-state index contributed by atoms with van der Waals surface area (Å²) in [5.41, 5.74) is 3.24. The van der Waals surface area contributed by atoms with Gasteiger partial charge in [0.25, 0.3) is 5.91 Å². The zero-order valence-electron chi connectivity index (χ0n) is 14.2. The normalized spacial score (nSPS) is 15.0. The highest BCUT2D eigenvalue weighted by atomic mass is 79.9. The predicted molar refractivity (Wildman–Crippen MR) is 102 cm³/mol. The third kappa shape index (κ3) is 6.67. The minimum absolute atomic E-state index is 0.181. The van der Waals surface area contributed by atoms with Gasteiger partial charge in [-0.05, 0) is 49.6 Å². The van der Waals surface area contributed by atoms with E-state index in [9.17, 15) is 9.59 Å². The number of nitrogens with one attached hydrogen (secondary N) is 1. The molecule has 0 aromatic heterocycles. The lowest BCUT2D eigenvalue weighted by atomic mass is 10.2. The lowest BCUT2D eigenvalue weighted by Crippen LogP contribution is -2.42. The molecule has 10 heteroatoms. The second-order valence-electron chi connectivity index (χ2n) is 5.36. The first-order valence-corrected chi connectivity index (χ1v) is 9.39. The molecule has 1 aliphatic rings. The van der Waals surface area contributed by atoms with Crippen LogP contribution in [0.15, 0.2) is 26.2 Å². The third-order valence-electron chi connectivity index (χ3n) is 3.46. The van der Waals surface area contributed by atoms with Gasteiger partial charge in [-0.15, -0.1) is 0 Å². The fraction of sp³-hybridized carbons (Fsp3) is 0.438. The summed E-state index contributed by atoms with van der Waals surface area (Å²) in [6.45, 7) is 2.85. The highest BCUT2D eigenvalue weighted by molar-refractivity contribution is 9.11. The van der Waals surface area contributed by atoms with E-state index in [1.165, 1.54) is 13.3 Å². The van der Waals surface area contributed by atoms with E-state index in [2.05, 4.69) is 47.1 Å². The van der Waals surface area contributed by atoms with Crippen molar-refractivity contribution < 1.29 is 23.8 Å². The van der Waals surface area contributed by atoms with E-state index in [1.807, 2.05) is 4.90 Å². The molecule has 0 radical (unpaired) electrons. The summed E-state index contributed by atoms with van der Waals surface area (Å²) in [6, 6.07) is 3.52. The van der Waals surface area contributed by atoms with Crippen LogP contribution in [0.25, 0.3) is 0 Å². The Morgan fingerprint density at radius 3 is 2.58 bits per heavy atom. The van der Waals surface area contributed by atoms with Crippen LogP contribution in [-0.2, 0) is 19.1 Å². The summed E-state index contributed by atoms with van der Waals surface area (Å²) in [4.78, 5) is 25.1. The molecule has 1 N–H and O–H groups in total. The average Bonchev–Trinajstić information content (AvgIpc) is 2.61. The average molecular weight is 493 g/mol. The van der Waals surface area contributed by atoms with Crippen LogP contribution >= 0.6 is 31.9 Å². The van der Waals surface area contributed by atoms with Crippen molar-refractivity contribution in [1.82, 2.24) is 10.3 Å². The van der Waals surface area contributed by atoms with Crippen molar-refractivity contribution in [3.63, 3.8) is 0 Å². The summed E-state index contributed by atoms with van der Waals surface area (Å²) in [5.74, 6) is -0.180. The Morgan fingerprint density at radius 1 is 1.31 bits per heavy atom. The second-order valence-corrected chi connectivity index (χ2v) is 7.07. The smallest absolute Gasteiger partial charge is 0.343 e. The van der Waals surface area contributed by atoms with Gasteiger partial charge in [-0.25, -0.2) is 10.2 Å². The number of benzene rings is 1. The number of halogens is 2. The van der Waals surface area contributed by atoms with E-state index in [-0.39, 0.29) is 19.1 Å². The minimum Gasteiger partial charge on any atom is -0.480 e. The molecule has 26 heavy (non-hydrogen) atoms. The molecule has 1 fully saturated rings. The molecule has 1 amide bonds. The SMILES string of the molecule is COC(=O)COc1c(Br)cc(/C=N\NC(=O)CN2CCOCC2)cc1Br. The molecule has 0 aliphatic carbocycles. The summed E-state index contributed by atoms with van der Waals surface area (Å²) >= 11 is 6.76. The first-order valence-electron chi connectivity index (χ1n) is 7.80. The maximum atomic E-state index is 11.9. The van der Waals surface area contributed by atoms with Gasteiger partial charge in [0.05, 0.1) is 42.0 Å². The molecule has 0 unspecified atom stereocenters. The van der Waals surface area contributed by atoms with Gasteiger partial charge in [0.2, 0.25) is 0 Å². The van der Waals surface area contributed by atoms with E-state index in [0.29, 0.717) is 27.9 Å². The molecule has 1 aliphatic heterocycles. The van der Waals surface area contributed by atoms with Crippen molar-refractivity contribution in [1.29, 1.82) is 0 Å². The number of carbonyl (C=O) groups excluding carboxylic acids is 2. The highest BCUT2D eigenvalue weighted by Crippen LogP contribution is 2.34. The van der Waals surface area contributed by atoms with Crippen LogP contribution in [0.1, 0.15) is 5.56 Å². The highest BCUT2D eigenvalue weighted by Gasteiger charge is 2.14. The number of hydrogen-bond donors (Lipinski definition) is 1. The molecule has 142 valence electrons. The lowest BCUT2D eigenvalue weighted by Gasteiger charge is -2.25. The molecule has 0 bridgehead atoms. The van der Waals surface area contributed by atoms with Gasteiger partial charge in [0.15, 0.2) is 6.61 Å². The molecule has 0 spiro atoms. The fourth-order valence-electron chi connectivity index (χ4n) is 2.16. The third-order valence-corrected chi connectivity index (χ3v) is 4.63. The Balaban J connectivity index is 1.89. The molecule has 1 heterocycles. The molecule has 1 aromatic rings. The Bertz CT molecular complexity index is 655. The number of morpholine rings is 1. The Labute approximate surface area is 168 Å². The van der Waals surface area contributed by atoms with Crippen LogP contribution in [-0.4, -0.2) is 69.6 Å². The van der Waals surface area contributed by atoms with Crippen molar-refractivity contribution in [2.24, 2.45) is 5.10 Å². The number of rotatable bonds is 7. The van der Waals surface area contributed by atoms with Crippen LogP contribution in [0, 0.1) is 0 Å². The second kappa shape index (κ2) is 10.6. The largest absolute Gasteiger partial charge is 0.480 e. The topological polar surface area (TPSA) is 89.5 Å². The van der Waals surface area contributed by atoms with Gasteiger partial charge in [-0.3, -0.25) is 9.69 Å². The van der Waals surface area contributed by atoms with E-state index in [0.717, 1.165) is 18.7 Å². The van der Waals surface area contributed by atoms with Crippen LogP contribution in [0.2, 0.25) is 0 Å². The number of methoxy groups -OCH3 is 1. The number of hydrazone groups is 1. The molecular formula is C16H19Br2N3O5. The van der Waals surface area contributed by atoms with Crippen LogP contribution in [0.5, 0.6) is 5.75 Å². The van der Waals surface area contributed by atoms with Crippen molar-refractivity contribution in [3.05, 3.63) is 26.6 Å². The van der Waals surface area contributed by atoms with Crippen LogP contribution < -0.4 is 10.2 Å². The summed E-state index contributed by atoms with van der Waals surface area (Å²) in [5, 5.41) is 3.97. The lowest BCUT2D eigenvalue weighted by molar-refractivity contribution is -0.143. The number of carbonyl (C=O) groups is 2. The van der Waals surface area contributed by atoms with E-state index < -0.39 is 5.97 Å². The molecule has 1 aromatic carbocycles. The van der Waals surface area contributed by atoms with Gasteiger partial charge in [-0.2, -0.15) is 5.10 Å². The predicted octanol–water partition coefficient (Wildman–Crippen LogP) is 1.55. The van der Waals surface area contributed by atoms with Crippen molar-refractivity contribution in [2.75, 3.05) is 46.6 Å². The number of nitrogens with zero attached hydrogens (tertiary/aromatic N) is 2. The zero-order chi connectivity index (χ0) is 18.9. The molecule has 8 nitrogen and oxygen atoms in total.